The Labute approximate surface area is 170 Å². The summed E-state index contributed by atoms with van der Waals surface area (Å²) < 4.78 is 1.77. The number of nitrogens with one attached hydrogen (secondary N) is 2. The third kappa shape index (κ3) is 2.58. The van der Waals surface area contributed by atoms with Gasteiger partial charge in [0.1, 0.15) is 5.69 Å². The zero-order chi connectivity index (χ0) is 20.1. The van der Waals surface area contributed by atoms with Crippen LogP contribution in [0.2, 0.25) is 0 Å². The zero-order valence-corrected chi connectivity index (χ0v) is 16.0. The van der Waals surface area contributed by atoms with Gasteiger partial charge in [-0.2, -0.15) is 10.2 Å². The van der Waals surface area contributed by atoms with Gasteiger partial charge in [0.2, 0.25) is 0 Å². The Balaban J connectivity index is 1.52. The lowest BCUT2D eigenvalue weighted by Gasteiger charge is -2.01. The highest BCUT2D eigenvalue weighted by Crippen LogP contribution is 2.33. The number of pyridine rings is 3. The Hall–Kier alpha value is -4.33. The summed E-state index contributed by atoms with van der Waals surface area (Å²) in [6.45, 7) is 0. The number of hydrogen-bond acceptors (Lipinski definition) is 5. The first-order chi connectivity index (χ1) is 14.8. The van der Waals surface area contributed by atoms with Gasteiger partial charge in [0.25, 0.3) is 0 Å². The van der Waals surface area contributed by atoms with Crippen LogP contribution in [0.3, 0.4) is 0 Å². The standard InChI is InChI=1S/C22H16N8/c1-30-12-14(10-26-30)18-8-16-20(11-25-18)28-29-22(16)19-9-15-17(27-19)4-7-24-21(15)13-2-5-23-6-3-13/h2-12,27H,1H3,(H,28,29). The first-order valence-corrected chi connectivity index (χ1v) is 9.48. The second-order valence-corrected chi connectivity index (χ2v) is 7.13. The molecule has 0 aliphatic carbocycles. The van der Waals surface area contributed by atoms with Crippen LogP contribution < -0.4 is 0 Å². The molecule has 0 radical (unpaired) electrons. The number of H-pyrrole nitrogens is 2. The fraction of sp³-hybridized carbons (Fsp3) is 0.0455. The largest absolute Gasteiger partial charge is 0.353 e. The monoisotopic (exact) mass is 392 g/mol. The van der Waals surface area contributed by atoms with Crippen molar-refractivity contribution in [3.8, 4) is 33.9 Å². The Morgan fingerprint density at radius 3 is 2.53 bits per heavy atom. The van der Waals surface area contributed by atoms with Crippen molar-refractivity contribution >= 4 is 21.8 Å². The quantitative estimate of drug-likeness (QED) is 0.475. The summed E-state index contributed by atoms with van der Waals surface area (Å²) in [5, 5.41) is 13.9. The molecule has 6 aromatic rings. The molecule has 6 rings (SSSR count). The molecule has 144 valence electrons. The molecule has 6 aromatic heterocycles. The highest BCUT2D eigenvalue weighted by Gasteiger charge is 2.15. The van der Waals surface area contributed by atoms with Gasteiger partial charge >= 0.3 is 0 Å². The van der Waals surface area contributed by atoms with Crippen molar-refractivity contribution in [2.75, 3.05) is 0 Å². The molecule has 0 bridgehead atoms. The fourth-order valence-corrected chi connectivity index (χ4v) is 3.75. The lowest BCUT2D eigenvalue weighted by atomic mass is 10.1. The molecule has 0 unspecified atom stereocenters. The van der Waals surface area contributed by atoms with Crippen LogP contribution in [0, 0.1) is 0 Å². The van der Waals surface area contributed by atoms with Gasteiger partial charge in [-0.1, -0.05) is 0 Å². The third-order valence-corrected chi connectivity index (χ3v) is 5.20. The van der Waals surface area contributed by atoms with Crippen molar-refractivity contribution in [1.29, 1.82) is 0 Å². The molecule has 0 saturated carbocycles. The van der Waals surface area contributed by atoms with E-state index in [2.05, 4.69) is 41.3 Å². The summed E-state index contributed by atoms with van der Waals surface area (Å²) in [5.74, 6) is 0. The Kier molecular flexibility index (Phi) is 3.51. The molecule has 30 heavy (non-hydrogen) atoms. The molecule has 0 aromatic carbocycles. The van der Waals surface area contributed by atoms with E-state index >= 15 is 0 Å². The Morgan fingerprint density at radius 1 is 0.833 bits per heavy atom. The number of rotatable bonds is 3. The maximum atomic E-state index is 4.59. The van der Waals surface area contributed by atoms with Crippen LogP contribution in [0.5, 0.6) is 0 Å². The van der Waals surface area contributed by atoms with E-state index in [0.717, 1.165) is 55.7 Å². The molecular formula is C22H16N8. The van der Waals surface area contributed by atoms with Gasteiger partial charge in [-0.3, -0.25) is 24.7 Å². The number of aromatic nitrogens is 8. The van der Waals surface area contributed by atoms with Crippen molar-refractivity contribution in [1.82, 2.24) is 39.9 Å². The lowest BCUT2D eigenvalue weighted by Crippen LogP contribution is -1.85. The maximum absolute atomic E-state index is 4.59. The molecule has 0 spiro atoms. The lowest BCUT2D eigenvalue weighted by molar-refractivity contribution is 0.768. The molecule has 0 saturated heterocycles. The first-order valence-electron chi connectivity index (χ1n) is 9.48. The summed E-state index contributed by atoms with van der Waals surface area (Å²) in [6, 6.07) is 10.0. The van der Waals surface area contributed by atoms with Crippen molar-refractivity contribution in [2.24, 2.45) is 7.05 Å². The highest BCUT2D eigenvalue weighted by molar-refractivity contribution is 6.00. The van der Waals surface area contributed by atoms with E-state index in [-0.39, 0.29) is 0 Å². The van der Waals surface area contributed by atoms with Gasteiger partial charge in [-0.05, 0) is 30.3 Å². The maximum Gasteiger partial charge on any atom is 0.116 e. The van der Waals surface area contributed by atoms with Gasteiger partial charge in [0.05, 0.1) is 35.0 Å². The topological polar surface area (TPSA) is 101 Å². The summed E-state index contributed by atoms with van der Waals surface area (Å²) in [7, 11) is 1.89. The van der Waals surface area contributed by atoms with Gasteiger partial charge in [-0.25, -0.2) is 0 Å². The molecule has 2 N–H and O–H groups in total. The molecular weight excluding hydrogens is 376 g/mol. The van der Waals surface area contributed by atoms with Crippen LogP contribution in [-0.4, -0.2) is 39.9 Å². The number of nitrogens with zero attached hydrogens (tertiary/aromatic N) is 6. The van der Waals surface area contributed by atoms with Gasteiger partial charge < -0.3 is 4.98 Å². The van der Waals surface area contributed by atoms with Crippen molar-refractivity contribution < 1.29 is 0 Å². The SMILES string of the molecule is Cn1cc(-c2cc3c(-c4cc5c(-c6ccncc6)nccc5[nH]4)n[nH]c3cn2)cn1. The minimum Gasteiger partial charge on any atom is -0.353 e. The van der Waals surface area contributed by atoms with E-state index in [4.69, 9.17) is 0 Å². The van der Waals surface area contributed by atoms with Gasteiger partial charge in [0.15, 0.2) is 0 Å². The van der Waals surface area contributed by atoms with Crippen molar-refractivity contribution in [3.05, 3.63) is 67.5 Å². The van der Waals surface area contributed by atoms with E-state index in [0.29, 0.717) is 0 Å². The van der Waals surface area contributed by atoms with E-state index < -0.39 is 0 Å². The predicted octanol–water partition coefficient (Wildman–Crippen LogP) is 3.96. The van der Waals surface area contributed by atoms with Crippen LogP contribution in [-0.2, 0) is 7.05 Å². The summed E-state index contributed by atoms with van der Waals surface area (Å²) in [6.07, 6.45) is 10.9. The van der Waals surface area contributed by atoms with E-state index in [1.54, 1.807) is 23.3 Å². The molecule has 0 fully saturated rings. The second kappa shape index (κ2) is 6.35. The normalized spacial score (nSPS) is 11.5. The first kappa shape index (κ1) is 16.6. The van der Waals surface area contributed by atoms with Crippen LogP contribution in [0.1, 0.15) is 0 Å². The second-order valence-electron chi connectivity index (χ2n) is 7.13. The van der Waals surface area contributed by atoms with Crippen LogP contribution >= 0.6 is 0 Å². The smallest absolute Gasteiger partial charge is 0.116 e. The molecule has 0 aliphatic rings. The number of fused-ring (bicyclic) bond motifs is 2. The highest BCUT2D eigenvalue weighted by atomic mass is 15.2. The minimum absolute atomic E-state index is 0.842. The average Bonchev–Trinajstić information content (AvgIpc) is 3.50. The van der Waals surface area contributed by atoms with E-state index in [9.17, 15) is 0 Å². The van der Waals surface area contributed by atoms with Crippen LogP contribution in [0.25, 0.3) is 55.7 Å². The van der Waals surface area contributed by atoms with Crippen molar-refractivity contribution in [3.63, 3.8) is 0 Å². The van der Waals surface area contributed by atoms with Crippen LogP contribution in [0.4, 0.5) is 0 Å². The third-order valence-electron chi connectivity index (χ3n) is 5.20. The molecule has 0 atom stereocenters. The average molecular weight is 392 g/mol. The predicted molar refractivity (Wildman–Crippen MR) is 114 cm³/mol. The van der Waals surface area contributed by atoms with E-state index in [1.165, 1.54) is 0 Å². The molecule has 0 aliphatic heterocycles. The zero-order valence-electron chi connectivity index (χ0n) is 16.0. The van der Waals surface area contributed by atoms with Crippen LogP contribution in [0.15, 0.2) is 67.5 Å². The minimum atomic E-state index is 0.842. The fourth-order valence-electron chi connectivity index (χ4n) is 3.75. The molecule has 8 nitrogen and oxygen atoms in total. The van der Waals surface area contributed by atoms with Crippen molar-refractivity contribution in [2.45, 2.75) is 0 Å². The summed E-state index contributed by atoms with van der Waals surface area (Å²) in [5.41, 5.74) is 7.40. The Morgan fingerprint density at radius 2 is 1.70 bits per heavy atom. The number of hydrogen-bond donors (Lipinski definition) is 2. The number of aromatic amines is 2. The van der Waals surface area contributed by atoms with E-state index in [1.807, 2.05) is 49.9 Å². The Bertz CT molecular complexity index is 1510. The summed E-state index contributed by atoms with van der Waals surface area (Å²) >= 11 is 0. The van der Waals surface area contributed by atoms with Gasteiger partial charge in [0, 0.05) is 59.3 Å². The number of aryl methyl sites for hydroxylation is 1. The molecule has 0 amide bonds. The summed E-state index contributed by atoms with van der Waals surface area (Å²) in [4.78, 5) is 16.7. The molecule has 6 heterocycles. The molecule has 8 heteroatoms. The van der Waals surface area contributed by atoms with Gasteiger partial charge in [-0.15, -0.1) is 0 Å².